The van der Waals surface area contributed by atoms with Crippen molar-refractivity contribution in [1.29, 1.82) is 0 Å². The Morgan fingerprint density at radius 2 is 1.68 bits per heavy atom. The zero-order valence-corrected chi connectivity index (χ0v) is 35.8. The molecule has 2 unspecified atom stereocenters. The minimum absolute atomic E-state index is 0.0179. The molecule has 0 bridgehead atoms. The highest BCUT2D eigenvalue weighted by atomic mass is 19.1. The summed E-state index contributed by atoms with van der Waals surface area (Å²) in [5.74, 6) is 2.91. The Bertz CT molecular complexity index is 1700. The van der Waals surface area contributed by atoms with Gasteiger partial charge in [-0.2, -0.15) is 0 Å². The maximum Gasteiger partial charge on any atom is 0.315 e. The second kappa shape index (κ2) is 15.1. The molecular formula is C50H73FN2O3. The van der Waals surface area contributed by atoms with Crippen LogP contribution in [0.5, 0.6) is 0 Å². The second-order valence-electron chi connectivity index (χ2n) is 21.2. The highest BCUT2D eigenvalue weighted by Gasteiger charge is 2.70. The largest absolute Gasteiger partial charge is 0.460 e. The van der Waals surface area contributed by atoms with Gasteiger partial charge in [0.15, 0.2) is 0 Å². The van der Waals surface area contributed by atoms with Gasteiger partial charge in [-0.25, -0.2) is 4.39 Å². The number of nitrogens with zero attached hydrogens (tertiary/aromatic N) is 1. The van der Waals surface area contributed by atoms with Gasteiger partial charge in [0.25, 0.3) is 0 Å². The van der Waals surface area contributed by atoms with Crippen LogP contribution in [0.1, 0.15) is 124 Å². The van der Waals surface area contributed by atoms with Gasteiger partial charge >= 0.3 is 5.97 Å². The maximum absolute atomic E-state index is 14.8. The standard InChI is InChI=1S/C50H73FN2O3/c1-35(2)38-17-24-50(52-27-28-53-29-31-55-32-30-53)26-25-47(6)40(43(38)50)13-14-42-46(5)20-18-39(45(3,4)41(46)19-21-48(42,47)7)37-15-22-49(34-51,23-16-37)44(54)56-33-36-11-9-8-10-12-36/h8-12,15,18,38,40-43,52H,1,13-14,16-17,19-34H2,2-7H3/t38-,40+,41?,42+,43?,46-,47+,48+,49-,50-/m0/s1. The smallest absolute Gasteiger partial charge is 0.315 e. The number of rotatable bonds is 10. The molecule has 4 saturated carbocycles. The molecular weight excluding hydrogens is 696 g/mol. The first-order valence-corrected chi connectivity index (χ1v) is 22.6. The van der Waals surface area contributed by atoms with Crippen molar-refractivity contribution in [2.24, 2.45) is 56.7 Å². The number of alkyl halides is 1. The fraction of sp³-hybridized carbons (Fsp3) is 0.740. The van der Waals surface area contributed by atoms with Crippen molar-refractivity contribution in [3.63, 3.8) is 0 Å². The minimum Gasteiger partial charge on any atom is -0.460 e. The van der Waals surface area contributed by atoms with Crippen molar-refractivity contribution in [1.82, 2.24) is 10.2 Å². The fourth-order valence-corrected chi connectivity index (χ4v) is 15.3. The number of morpholine rings is 1. The van der Waals surface area contributed by atoms with Crippen LogP contribution < -0.4 is 5.32 Å². The van der Waals surface area contributed by atoms with Crippen molar-refractivity contribution in [3.05, 3.63) is 71.3 Å². The summed E-state index contributed by atoms with van der Waals surface area (Å²) in [7, 11) is 0. The van der Waals surface area contributed by atoms with Gasteiger partial charge < -0.3 is 14.8 Å². The monoisotopic (exact) mass is 769 g/mol. The van der Waals surface area contributed by atoms with Crippen LogP contribution in [0.4, 0.5) is 4.39 Å². The summed E-state index contributed by atoms with van der Waals surface area (Å²) < 4.78 is 26.1. The average molecular weight is 769 g/mol. The Morgan fingerprint density at radius 1 is 0.911 bits per heavy atom. The van der Waals surface area contributed by atoms with Crippen LogP contribution in [0, 0.1) is 56.7 Å². The quantitative estimate of drug-likeness (QED) is 0.190. The molecule has 0 radical (unpaired) electrons. The molecule has 6 aliphatic carbocycles. The molecule has 10 atom stereocenters. The van der Waals surface area contributed by atoms with Crippen LogP contribution in [0.3, 0.4) is 0 Å². The van der Waals surface area contributed by atoms with Crippen molar-refractivity contribution >= 4 is 5.97 Å². The van der Waals surface area contributed by atoms with E-state index in [1.165, 1.54) is 68.1 Å². The van der Waals surface area contributed by atoms with Gasteiger partial charge in [-0.05, 0) is 152 Å². The lowest BCUT2D eigenvalue weighted by atomic mass is 9.33. The summed E-state index contributed by atoms with van der Waals surface area (Å²) in [6.07, 6.45) is 18.1. The predicted molar refractivity (Wildman–Crippen MR) is 225 cm³/mol. The van der Waals surface area contributed by atoms with Crippen LogP contribution in [0.15, 0.2) is 65.8 Å². The number of halogens is 1. The number of allylic oxidation sites excluding steroid dienone is 5. The van der Waals surface area contributed by atoms with E-state index in [4.69, 9.17) is 9.47 Å². The number of nitrogens with one attached hydrogen (secondary N) is 1. The Morgan fingerprint density at radius 3 is 2.38 bits per heavy atom. The third kappa shape index (κ3) is 6.44. The molecule has 308 valence electrons. The zero-order chi connectivity index (χ0) is 39.6. The third-order valence-corrected chi connectivity index (χ3v) is 18.5. The van der Waals surface area contributed by atoms with Gasteiger partial charge in [0.05, 0.1) is 18.6 Å². The van der Waals surface area contributed by atoms with Crippen molar-refractivity contribution in [3.8, 4) is 0 Å². The summed E-state index contributed by atoms with van der Waals surface area (Å²) in [4.78, 5) is 16.0. The summed E-state index contributed by atoms with van der Waals surface area (Å²) >= 11 is 0. The molecule has 0 spiro atoms. The number of fused-ring (bicyclic) bond motifs is 7. The van der Waals surface area contributed by atoms with Crippen molar-refractivity contribution in [2.45, 2.75) is 131 Å². The van der Waals surface area contributed by atoms with Crippen molar-refractivity contribution in [2.75, 3.05) is 46.1 Å². The highest BCUT2D eigenvalue weighted by Crippen LogP contribution is 2.76. The Hall–Kier alpha value is -2.28. The van der Waals surface area contributed by atoms with Gasteiger partial charge in [-0.1, -0.05) is 89.3 Å². The number of carbonyl (C=O) groups is 1. The fourth-order valence-electron chi connectivity index (χ4n) is 15.3. The first-order chi connectivity index (χ1) is 26.7. The molecule has 0 amide bonds. The van der Waals surface area contributed by atoms with Gasteiger partial charge in [0.2, 0.25) is 0 Å². The lowest BCUT2D eigenvalue weighted by molar-refractivity contribution is -0.221. The third-order valence-electron chi connectivity index (χ3n) is 18.5. The van der Waals surface area contributed by atoms with E-state index in [0.29, 0.717) is 47.3 Å². The molecule has 5 nitrogen and oxygen atoms in total. The van der Waals surface area contributed by atoms with Crippen LogP contribution in [0.25, 0.3) is 0 Å². The lowest BCUT2D eigenvalue weighted by Crippen LogP contribution is -2.68. The summed E-state index contributed by atoms with van der Waals surface area (Å²) in [6, 6.07) is 9.72. The Balaban J connectivity index is 1.01. The van der Waals surface area contributed by atoms with E-state index in [1.807, 2.05) is 30.3 Å². The molecule has 1 saturated heterocycles. The van der Waals surface area contributed by atoms with Crippen LogP contribution in [-0.2, 0) is 20.9 Å². The molecule has 56 heavy (non-hydrogen) atoms. The molecule has 7 aliphatic rings. The average Bonchev–Trinajstić information content (AvgIpc) is 3.58. The molecule has 5 fully saturated rings. The summed E-state index contributed by atoms with van der Waals surface area (Å²) in [5, 5.41) is 4.31. The van der Waals surface area contributed by atoms with E-state index in [2.05, 4.69) is 70.5 Å². The normalized spacial score (nSPS) is 41.9. The van der Waals surface area contributed by atoms with E-state index in [0.717, 1.165) is 63.7 Å². The molecule has 1 aliphatic heterocycles. The number of hydrogen-bond donors (Lipinski definition) is 1. The molecule has 1 N–H and O–H groups in total. The number of carbonyl (C=O) groups excluding carboxylic acids is 1. The number of benzene rings is 1. The minimum atomic E-state index is -1.08. The molecule has 8 rings (SSSR count). The first-order valence-electron chi connectivity index (χ1n) is 22.6. The molecule has 0 aromatic heterocycles. The SMILES string of the molecule is C=C(C)[C@@H]1CC[C@]2(NCCN3CCOCC3)CC[C@]3(C)[C@H](CC[C@@H]4[C@@]5(C)CC=C(C6=CC[C@](CF)(C(=O)OCc7ccccc7)CC6)C(C)(C)C5CC[C@]43C)C12. The maximum atomic E-state index is 14.8. The highest BCUT2D eigenvalue weighted by molar-refractivity contribution is 5.78. The van der Waals surface area contributed by atoms with Gasteiger partial charge in [0, 0.05) is 31.7 Å². The van der Waals surface area contributed by atoms with Crippen LogP contribution in [0.2, 0.25) is 0 Å². The Kier molecular flexibility index (Phi) is 10.9. The van der Waals surface area contributed by atoms with E-state index >= 15 is 0 Å². The topological polar surface area (TPSA) is 50.8 Å². The Labute approximate surface area is 338 Å². The van der Waals surface area contributed by atoms with Crippen molar-refractivity contribution < 1.29 is 18.7 Å². The van der Waals surface area contributed by atoms with Gasteiger partial charge in [0.1, 0.15) is 13.3 Å². The molecule has 1 aromatic carbocycles. The van der Waals surface area contributed by atoms with E-state index in [1.54, 1.807) is 0 Å². The number of hydrogen-bond acceptors (Lipinski definition) is 5. The lowest BCUT2D eigenvalue weighted by Gasteiger charge is -2.72. The summed E-state index contributed by atoms with van der Waals surface area (Å²) in [5.41, 5.74) is 5.19. The number of esters is 1. The van der Waals surface area contributed by atoms with E-state index in [9.17, 15) is 9.18 Å². The molecule has 6 heteroatoms. The number of ether oxygens (including phenoxy) is 2. The predicted octanol–water partition coefficient (Wildman–Crippen LogP) is 10.7. The second-order valence-corrected chi connectivity index (χ2v) is 21.2. The molecule has 1 heterocycles. The van der Waals surface area contributed by atoms with Gasteiger partial charge in [-0.15, -0.1) is 0 Å². The van der Waals surface area contributed by atoms with Crippen LogP contribution >= 0.6 is 0 Å². The van der Waals surface area contributed by atoms with Crippen LogP contribution in [-0.4, -0.2) is 62.5 Å². The first kappa shape index (κ1) is 40.5. The summed E-state index contributed by atoms with van der Waals surface area (Å²) in [6.45, 7) is 25.7. The van der Waals surface area contributed by atoms with Gasteiger partial charge in [-0.3, -0.25) is 9.69 Å². The van der Waals surface area contributed by atoms with E-state index in [-0.39, 0.29) is 23.0 Å². The molecule has 1 aromatic rings. The zero-order valence-electron chi connectivity index (χ0n) is 35.8. The van der Waals surface area contributed by atoms with E-state index < -0.39 is 18.1 Å².